The molecular weight excluding hydrogens is 410 g/mol. The molecule has 0 saturated heterocycles. The minimum atomic E-state index is -0.569. The summed E-state index contributed by atoms with van der Waals surface area (Å²) in [6.45, 7) is 1.77. The maximum atomic E-state index is 14.5. The molecule has 0 radical (unpaired) electrons. The van der Waals surface area contributed by atoms with E-state index in [0.29, 0.717) is 21.8 Å². The molecule has 3 nitrogen and oxygen atoms in total. The van der Waals surface area contributed by atoms with E-state index in [1.165, 1.54) is 39.4 Å². The minimum Gasteiger partial charge on any atom is -0.285 e. The number of carbonyl (C=O) groups excluding carboxylic acids is 1. The van der Waals surface area contributed by atoms with Gasteiger partial charge in [0.05, 0.1) is 22.3 Å². The summed E-state index contributed by atoms with van der Waals surface area (Å²) in [6, 6.07) is 17.4. The summed E-state index contributed by atoms with van der Waals surface area (Å²) in [4.78, 5) is 16.6. The first-order valence-electron chi connectivity index (χ1n) is 8.99. The number of rotatable bonds is 4. The van der Waals surface area contributed by atoms with E-state index < -0.39 is 6.04 Å². The monoisotopic (exact) mass is 428 g/mol. The molecule has 0 spiro atoms. The van der Waals surface area contributed by atoms with Gasteiger partial charge < -0.3 is 0 Å². The second-order valence-corrected chi connectivity index (χ2v) is 8.42. The van der Waals surface area contributed by atoms with Crippen molar-refractivity contribution in [2.75, 3.05) is 15.5 Å². The molecule has 0 aromatic heterocycles. The fourth-order valence-electron chi connectivity index (χ4n) is 3.33. The SMILES string of the molecule is CSc1cccc(N2Sc3cc(F)ccc3N(C(C)c3ccccc3F)C2=O)c1. The summed E-state index contributed by atoms with van der Waals surface area (Å²) >= 11 is 2.74. The predicted octanol–water partition coefficient (Wildman–Crippen LogP) is 6.90. The van der Waals surface area contributed by atoms with Crippen LogP contribution in [0.15, 0.2) is 76.5 Å². The second kappa shape index (κ2) is 8.08. The second-order valence-electron chi connectivity index (χ2n) is 6.55. The van der Waals surface area contributed by atoms with Gasteiger partial charge in [-0.25, -0.2) is 17.9 Å². The zero-order valence-corrected chi connectivity index (χ0v) is 17.4. The lowest BCUT2D eigenvalue weighted by Crippen LogP contribution is -2.44. The largest absolute Gasteiger partial charge is 0.340 e. The Hall–Kier alpha value is -2.51. The van der Waals surface area contributed by atoms with Crippen LogP contribution < -0.4 is 9.21 Å². The molecule has 4 rings (SSSR count). The summed E-state index contributed by atoms with van der Waals surface area (Å²) in [5.74, 6) is -0.771. The molecule has 1 aliphatic heterocycles. The van der Waals surface area contributed by atoms with Crippen LogP contribution in [0.5, 0.6) is 0 Å². The molecule has 0 aliphatic carbocycles. The average Bonchev–Trinajstić information content (AvgIpc) is 2.73. The summed E-state index contributed by atoms with van der Waals surface area (Å²) in [7, 11) is 0. The molecule has 0 N–H and O–H groups in total. The van der Waals surface area contributed by atoms with Gasteiger partial charge in [-0.1, -0.05) is 24.3 Å². The predicted molar refractivity (Wildman–Crippen MR) is 116 cm³/mol. The Labute approximate surface area is 176 Å². The van der Waals surface area contributed by atoms with Gasteiger partial charge >= 0.3 is 6.03 Å². The first-order chi connectivity index (χ1) is 14.0. The Morgan fingerprint density at radius 1 is 1.00 bits per heavy atom. The number of hydrogen-bond donors (Lipinski definition) is 0. The van der Waals surface area contributed by atoms with Gasteiger partial charge in [0.1, 0.15) is 11.6 Å². The van der Waals surface area contributed by atoms with Gasteiger partial charge in [0, 0.05) is 10.5 Å². The number of hydrogen-bond acceptors (Lipinski definition) is 3. The first-order valence-corrected chi connectivity index (χ1v) is 11.0. The van der Waals surface area contributed by atoms with Crippen molar-refractivity contribution < 1.29 is 13.6 Å². The van der Waals surface area contributed by atoms with E-state index in [-0.39, 0.29) is 17.7 Å². The smallest absolute Gasteiger partial charge is 0.285 e. The van der Waals surface area contributed by atoms with Crippen molar-refractivity contribution in [3.63, 3.8) is 0 Å². The molecule has 7 heteroatoms. The van der Waals surface area contributed by atoms with Gasteiger partial charge in [0.25, 0.3) is 0 Å². The number of fused-ring (bicyclic) bond motifs is 1. The number of urea groups is 1. The summed E-state index contributed by atoms with van der Waals surface area (Å²) in [5.41, 5.74) is 1.66. The topological polar surface area (TPSA) is 23.6 Å². The lowest BCUT2D eigenvalue weighted by Gasteiger charge is -2.39. The van der Waals surface area contributed by atoms with E-state index in [2.05, 4.69) is 0 Å². The maximum Gasteiger partial charge on any atom is 0.340 e. The molecular formula is C22H18F2N2OS2. The third-order valence-corrected chi connectivity index (χ3v) is 6.58. The highest BCUT2D eigenvalue weighted by Crippen LogP contribution is 2.45. The van der Waals surface area contributed by atoms with E-state index in [4.69, 9.17) is 0 Å². The number of thioether (sulfide) groups is 1. The van der Waals surface area contributed by atoms with Crippen LogP contribution in [0.1, 0.15) is 18.5 Å². The summed E-state index contributed by atoms with van der Waals surface area (Å²) in [5, 5.41) is 0. The molecule has 0 saturated carbocycles. The Bertz CT molecular complexity index is 1080. The summed E-state index contributed by atoms with van der Waals surface area (Å²) < 4.78 is 29.9. The number of halogens is 2. The Morgan fingerprint density at radius 2 is 1.79 bits per heavy atom. The van der Waals surface area contributed by atoms with Crippen LogP contribution in [0, 0.1) is 11.6 Å². The van der Waals surface area contributed by atoms with Crippen LogP contribution in [0.25, 0.3) is 0 Å². The van der Waals surface area contributed by atoms with E-state index in [9.17, 15) is 13.6 Å². The number of anilines is 2. The Kier molecular flexibility index (Phi) is 5.52. The quantitative estimate of drug-likeness (QED) is 0.333. The van der Waals surface area contributed by atoms with E-state index >= 15 is 0 Å². The van der Waals surface area contributed by atoms with Gasteiger partial charge in [0.15, 0.2) is 0 Å². The molecule has 1 heterocycles. The van der Waals surface area contributed by atoms with Crippen molar-refractivity contribution in [3.05, 3.63) is 83.9 Å². The third-order valence-electron chi connectivity index (χ3n) is 4.78. The molecule has 0 bridgehead atoms. The van der Waals surface area contributed by atoms with Crippen LogP contribution in [-0.2, 0) is 0 Å². The molecule has 0 fully saturated rings. The van der Waals surface area contributed by atoms with E-state index in [1.807, 2.05) is 30.5 Å². The van der Waals surface area contributed by atoms with E-state index in [0.717, 1.165) is 4.90 Å². The lowest BCUT2D eigenvalue weighted by atomic mass is 10.1. The third kappa shape index (κ3) is 3.72. The fourth-order valence-corrected chi connectivity index (χ4v) is 4.79. The van der Waals surface area contributed by atoms with Crippen molar-refractivity contribution in [2.45, 2.75) is 22.8 Å². The van der Waals surface area contributed by atoms with Crippen LogP contribution >= 0.6 is 23.7 Å². The Balaban J connectivity index is 1.83. The zero-order chi connectivity index (χ0) is 20.5. The first kappa shape index (κ1) is 19.8. The number of benzene rings is 3. The van der Waals surface area contributed by atoms with Crippen molar-refractivity contribution >= 4 is 41.1 Å². The average molecular weight is 429 g/mol. The highest BCUT2D eigenvalue weighted by atomic mass is 32.2. The maximum absolute atomic E-state index is 14.5. The molecule has 2 amide bonds. The highest BCUT2D eigenvalue weighted by Gasteiger charge is 2.36. The standard InChI is InChI=1S/C22H18F2N2OS2/c1-14(18-8-3-4-9-19(18)24)25-20-11-10-15(23)12-21(20)29-26(22(25)27)16-6-5-7-17(13-16)28-2/h3-14H,1-2H3. The molecule has 1 atom stereocenters. The molecule has 1 aliphatic rings. The normalized spacial score (nSPS) is 14.7. The minimum absolute atomic E-state index is 0.303. The van der Waals surface area contributed by atoms with Gasteiger partial charge in [-0.05, 0) is 67.6 Å². The highest BCUT2D eigenvalue weighted by molar-refractivity contribution is 8.01. The van der Waals surface area contributed by atoms with Crippen molar-refractivity contribution in [1.82, 2.24) is 0 Å². The van der Waals surface area contributed by atoms with E-state index in [1.54, 1.807) is 43.0 Å². The van der Waals surface area contributed by atoms with Crippen molar-refractivity contribution in [3.8, 4) is 0 Å². The van der Waals surface area contributed by atoms with Gasteiger partial charge in [0.2, 0.25) is 0 Å². The zero-order valence-electron chi connectivity index (χ0n) is 15.8. The van der Waals surface area contributed by atoms with Crippen molar-refractivity contribution in [1.29, 1.82) is 0 Å². The number of carbonyl (C=O) groups is 1. The molecule has 3 aromatic carbocycles. The summed E-state index contributed by atoms with van der Waals surface area (Å²) in [6.07, 6.45) is 1.96. The van der Waals surface area contributed by atoms with Crippen molar-refractivity contribution in [2.24, 2.45) is 0 Å². The van der Waals surface area contributed by atoms with Gasteiger partial charge in [-0.2, -0.15) is 0 Å². The van der Waals surface area contributed by atoms with Crippen LogP contribution in [0.3, 0.4) is 0 Å². The van der Waals surface area contributed by atoms with Crippen LogP contribution in [-0.4, -0.2) is 12.3 Å². The van der Waals surface area contributed by atoms with Crippen LogP contribution in [0.4, 0.5) is 25.0 Å². The van der Waals surface area contributed by atoms with Gasteiger partial charge in [-0.15, -0.1) is 11.8 Å². The molecule has 148 valence electrons. The lowest BCUT2D eigenvalue weighted by molar-refractivity contribution is 0.252. The van der Waals surface area contributed by atoms with Gasteiger partial charge in [-0.3, -0.25) is 4.90 Å². The fraction of sp³-hybridized carbons (Fsp3) is 0.136. The Morgan fingerprint density at radius 3 is 2.55 bits per heavy atom. The number of nitrogens with zero attached hydrogens (tertiary/aromatic N) is 2. The molecule has 29 heavy (non-hydrogen) atoms. The molecule has 3 aromatic rings. The number of amides is 2. The van der Waals surface area contributed by atoms with Crippen LogP contribution in [0.2, 0.25) is 0 Å². The molecule has 1 unspecified atom stereocenters.